The Morgan fingerprint density at radius 1 is 1.20 bits per heavy atom. The van der Waals surface area contributed by atoms with Crippen molar-refractivity contribution in [3.8, 4) is 5.75 Å². The van der Waals surface area contributed by atoms with Crippen LogP contribution < -0.4 is 4.74 Å². The molecule has 0 atom stereocenters. The standard InChI is InChI=1S/C13H21NO/c1-9(2)10-7-8-11(15-6)12(14-10)13(3,4)5/h7-9H,1-6H3. The molecule has 0 unspecified atom stereocenters. The lowest BCUT2D eigenvalue weighted by molar-refractivity contribution is 0.391. The van der Waals surface area contributed by atoms with E-state index in [-0.39, 0.29) is 5.41 Å². The molecule has 0 amide bonds. The first kappa shape index (κ1) is 12.0. The zero-order valence-corrected chi connectivity index (χ0v) is 10.6. The number of hydrogen-bond acceptors (Lipinski definition) is 2. The maximum Gasteiger partial charge on any atom is 0.140 e. The molecule has 0 N–H and O–H groups in total. The smallest absolute Gasteiger partial charge is 0.140 e. The third kappa shape index (κ3) is 2.71. The highest BCUT2D eigenvalue weighted by Gasteiger charge is 2.21. The summed E-state index contributed by atoms with van der Waals surface area (Å²) in [5.74, 6) is 1.34. The molecule has 2 heteroatoms. The second-order valence-electron chi connectivity index (χ2n) is 5.19. The third-order valence-corrected chi connectivity index (χ3v) is 2.40. The predicted octanol–water partition coefficient (Wildman–Crippen LogP) is 3.51. The van der Waals surface area contributed by atoms with E-state index in [1.165, 1.54) is 0 Å². The number of aromatic nitrogens is 1. The molecule has 0 saturated carbocycles. The number of ether oxygens (including phenoxy) is 1. The van der Waals surface area contributed by atoms with Crippen molar-refractivity contribution in [3.63, 3.8) is 0 Å². The second kappa shape index (κ2) is 4.21. The van der Waals surface area contributed by atoms with E-state index in [1.807, 2.05) is 12.1 Å². The lowest BCUT2D eigenvalue weighted by Gasteiger charge is -2.22. The van der Waals surface area contributed by atoms with Crippen LogP contribution in [0.5, 0.6) is 5.75 Å². The summed E-state index contributed by atoms with van der Waals surface area (Å²) >= 11 is 0. The van der Waals surface area contributed by atoms with Gasteiger partial charge in [0.05, 0.1) is 12.8 Å². The molecule has 0 radical (unpaired) electrons. The summed E-state index contributed by atoms with van der Waals surface area (Å²) in [7, 11) is 1.70. The van der Waals surface area contributed by atoms with Crippen LogP contribution in [0.3, 0.4) is 0 Å². The Morgan fingerprint density at radius 2 is 1.80 bits per heavy atom. The maximum atomic E-state index is 5.34. The lowest BCUT2D eigenvalue weighted by atomic mass is 9.90. The molecule has 0 saturated heterocycles. The first-order chi connectivity index (χ1) is 6.86. The fraction of sp³-hybridized carbons (Fsp3) is 0.615. The molecule has 0 aliphatic heterocycles. The van der Waals surface area contributed by atoms with Crippen LogP contribution in [-0.4, -0.2) is 12.1 Å². The Kier molecular flexibility index (Phi) is 3.38. The molecule has 0 aliphatic rings. The normalized spacial score (nSPS) is 11.9. The average Bonchev–Trinajstić information content (AvgIpc) is 2.15. The van der Waals surface area contributed by atoms with Crippen LogP contribution in [0, 0.1) is 0 Å². The van der Waals surface area contributed by atoms with Gasteiger partial charge in [-0.3, -0.25) is 4.98 Å². The van der Waals surface area contributed by atoms with Gasteiger partial charge in [-0.15, -0.1) is 0 Å². The summed E-state index contributed by atoms with van der Waals surface area (Å²) in [6.07, 6.45) is 0. The summed E-state index contributed by atoms with van der Waals surface area (Å²) in [6, 6.07) is 4.06. The zero-order valence-electron chi connectivity index (χ0n) is 10.6. The summed E-state index contributed by atoms with van der Waals surface area (Å²) in [5, 5.41) is 0. The molecule has 1 aromatic rings. The van der Waals surface area contributed by atoms with Gasteiger partial charge in [0.15, 0.2) is 0 Å². The first-order valence-corrected chi connectivity index (χ1v) is 5.41. The van der Waals surface area contributed by atoms with Crippen LogP contribution in [-0.2, 0) is 5.41 Å². The SMILES string of the molecule is COc1ccc(C(C)C)nc1C(C)(C)C. The van der Waals surface area contributed by atoms with Gasteiger partial charge in [-0.05, 0) is 18.1 Å². The second-order valence-corrected chi connectivity index (χ2v) is 5.19. The van der Waals surface area contributed by atoms with Crippen LogP contribution >= 0.6 is 0 Å². The van der Waals surface area contributed by atoms with Crippen molar-refractivity contribution < 1.29 is 4.74 Å². The van der Waals surface area contributed by atoms with Crippen LogP contribution in [0.15, 0.2) is 12.1 Å². The topological polar surface area (TPSA) is 22.1 Å². The number of hydrogen-bond donors (Lipinski definition) is 0. The molecule has 0 fully saturated rings. The molecule has 0 aromatic carbocycles. The minimum absolute atomic E-state index is 0.0241. The Morgan fingerprint density at radius 3 is 2.20 bits per heavy atom. The molecule has 0 spiro atoms. The average molecular weight is 207 g/mol. The van der Waals surface area contributed by atoms with Crippen molar-refractivity contribution in [2.45, 2.75) is 46.0 Å². The fourth-order valence-corrected chi connectivity index (χ4v) is 1.49. The lowest BCUT2D eigenvalue weighted by Crippen LogP contribution is -2.16. The van der Waals surface area contributed by atoms with E-state index >= 15 is 0 Å². The molecule has 1 heterocycles. The Balaban J connectivity index is 3.26. The highest BCUT2D eigenvalue weighted by atomic mass is 16.5. The van der Waals surface area contributed by atoms with E-state index in [1.54, 1.807) is 7.11 Å². The number of nitrogens with zero attached hydrogens (tertiary/aromatic N) is 1. The minimum Gasteiger partial charge on any atom is -0.495 e. The molecule has 2 nitrogen and oxygen atoms in total. The monoisotopic (exact) mass is 207 g/mol. The van der Waals surface area contributed by atoms with E-state index in [4.69, 9.17) is 4.74 Å². The van der Waals surface area contributed by atoms with Gasteiger partial charge in [0, 0.05) is 11.1 Å². The highest BCUT2D eigenvalue weighted by Crippen LogP contribution is 2.30. The molecular weight excluding hydrogens is 186 g/mol. The first-order valence-electron chi connectivity index (χ1n) is 5.41. The molecule has 0 aliphatic carbocycles. The number of methoxy groups -OCH3 is 1. The summed E-state index contributed by atoms with van der Waals surface area (Å²) in [4.78, 5) is 4.69. The van der Waals surface area contributed by atoms with Crippen molar-refractivity contribution in [2.24, 2.45) is 0 Å². The van der Waals surface area contributed by atoms with Crippen LogP contribution in [0.2, 0.25) is 0 Å². The molecule has 15 heavy (non-hydrogen) atoms. The molecule has 1 rings (SSSR count). The van der Waals surface area contributed by atoms with Gasteiger partial charge in [0.25, 0.3) is 0 Å². The van der Waals surface area contributed by atoms with Gasteiger partial charge < -0.3 is 4.74 Å². The maximum absolute atomic E-state index is 5.34. The van der Waals surface area contributed by atoms with Crippen molar-refractivity contribution in [1.82, 2.24) is 4.98 Å². The highest BCUT2D eigenvalue weighted by molar-refractivity contribution is 5.34. The molecule has 0 bridgehead atoms. The zero-order chi connectivity index (χ0) is 11.6. The Hall–Kier alpha value is -1.05. The number of pyridine rings is 1. The molecular formula is C13H21NO. The Bertz CT molecular complexity index is 337. The van der Waals surface area contributed by atoms with Gasteiger partial charge in [-0.1, -0.05) is 34.6 Å². The van der Waals surface area contributed by atoms with Crippen molar-refractivity contribution in [3.05, 3.63) is 23.5 Å². The van der Waals surface area contributed by atoms with Gasteiger partial charge in [-0.25, -0.2) is 0 Å². The Labute approximate surface area is 92.7 Å². The van der Waals surface area contributed by atoms with Crippen molar-refractivity contribution >= 4 is 0 Å². The predicted molar refractivity (Wildman–Crippen MR) is 63.6 cm³/mol. The van der Waals surface area contributed by atoms with E-state index in [2.05, 4.69) is 39.6 Å². The summed E-state index contributed by atoms with van der Waals surface area (Å²) in [6.45, 7) is 10.8. The van der Waals surface area contributed by atoms with Crippen molar-refractivity contribution in [2.75, 3.05) is 7.11 Å². The van der Waals surface area contributed by atoms with E-state index in [9.17, 15) is 0 Å². The van der Waals surface area contributed by atoms with E-state index in [0.717, 1.165) is 17.1 Å². The summed E-state index contributed by atoms with van der Waals surface area (Å²) in [5.41, 5.74) is 2.19. The quantitative estimate of drug-likeness (QED) is 0.740. The largest absolute Gasteiger partial charge is 0.495 e. The van der Waals surface area contributed by atoms with Crippen molar-refractivity contribution in [1.29, 1.82) is 0 Å². The van der Waals surface area contributed by atoms with E-state index < -0.39 is 0 Å². The van der Waals surface area contributed by atoms with E-state index in [0.29, 0.717) is 5.92 Å². The van der Waals surface area contributed by atoms with Crippen LogP contribution in [0.4, 0.5) is 0 Å². The van der Waals surface area contributed by atoms with Gasteiger partial charge in [-0.2, -0.15) is 0 Å². The van der Waals surface area contributed by atoms with Gasteiger partial charge in [0.2, 0.25) is 0 Å². The van der Waals surface area contributed by atoms with Crippen LogP contribution in [0.25, 0.3) is 0 Å². The minimum atomic E-state index is 0.0241. The fourth-order valence-electron chi connectivity index (χ4n) is 1.49. The molecule has 84 valence electrons. The van der Waals surface area contributed by atoms with Crippen LogP contribution in [0.1, 0.15) is 51.9 Å². The third-order valence-electron chi connectivity index (χ3n) is 2.40. The van der Waals surface area contributed by atoms with Gasteiger partial charge in [0.1, 0.15) is 5.75 Å². The van der Waals surface area contributed by atoms with Gasteiger partial charge >= 0.3 is 0 Å². The molecule has 1 aromatic heterocycles. The number of rotatable bonds is 2. The summed E-state index contributed by atoms with van der Waals surface area (Å²) < 4.78 is 5.34.